The van der Waals surface area contributed by atoms with Crippen LogP contribution in [-0.2, 0) is 13.2 Å². The average molecular weight is 373 g/mol. The number of nitrogens with one attached hydrogen (secondary N) is 1. The van der Waals surface area contributed by atoms with Gasteiger partial charge in [0.1, 0.15) is 18.2 Å². The summed E-state index contributed by atoms with van der Waals surface area (Å²) >= 11 is 9.45. The number of benzene rings is 2. The number of hydrogen-bond acceptors (Lipinski definition) is 2. The minimum Gasteiger partial charge on any atom is -0.488 e. The van der Waals surface area contributed by atoms with Gasteiger partial charge in [0.25, 0.3) is 0 Å². The number of ether oxygens (including phenoxy) is 1. The molecule has 0 atom stereocenters. The fourth-order valence-corrected chi connectivity index (χ4v) is 2.52. The summed E-state index contributed by atoms with van der Waals surface area (Å²) in [5.41, 5.74) is 1.66. The first-order valence-electron chi connectivity index (χ1n) is 6.67. The van der Waals surface area contributed by atoms with Gasteiger partial charge in [-0.1, -0.05) is 36.7 Å². The second-order valence-electron chi connectivity index (χ2n) is 4.50. The van der Waals surface area contributed by atoms with Crippen LogP contribution in [0.15, 0.2) is 40.9 Å². The molecular weight excluding hydrogens is 357 g/mol. The molecule has 0 heterocycles. The topological polar surface area (TPSA) is 21.3 Å². The molecule has 5 heteroatoms. The Labute approximate surface area is 137 Å². The van der Waals surface area contributed by atoms with Crippen molar-refractivity contribution in [3.63, 3.8) is 0 Å². The normalized spacial score (nSPS) is 10.7. The van der Waals surface area contributed by atoms with Crippen LogP contribution in [0.5, 0.6) is 5.75 Å². The van der Waals surface area contributed by atoms with Crippen LogP contribution in [0.2, 0.25) is 5.02 Å². The molecule has 0 unspecified atom stereocenters. The Morgan fingerprint density at radius 2 is 2.00 bits per heavy atom. The summed E-state index contributed by atoms with van der Waals surface area (Å²) < 4.78 is 19.7. The van der Waals surface area contributed by atoms with Crippen molar-refractivity contribution in [2.24, 2.45) is 0 Å². The van der Waals surface area contributed by atoms with Crippen molar-refractivity contribution in [1.29, 1.82) is 0 Å². The lowest BCUT2D eigenvalue weighted by atomic mass is 10.2. The van der Waals surface area contributed by atoms with Crippen molar-refractivity contribution in [2.75, 3.05) is 6.54 Å². The maximum Gasteiger partial charge on any atom is 0.137 e. The van der Waals surface area contributed by atoms with Crippen molar-refractivity contribution < 1.29 is 9.13 Å². The maximum atomic E-state index is 13.5. The van der Waals surface area contributed by atoms with E-state index >= 15 is 0 Å². The highest BCUT2D eigenvalue weighted by molar-refractivity contribution is 9.10. The van der Waals surface area contributed by atoms with Crippen LogP contribution in [-0.4, -0.2) is 6.54 Å². The first-order valence-corrected chi connectivity index (χ1v) is 7.84. The SMILES string of the molecule is CCNCc1c(Cl)cccc1OCc1cccc(F)c1Br. The van der Waals surface area contributed by atoms with Crippen LogP contribution in [0.1, 0.15) is 18.1 Å². The van der Waals surface area contributed by atoms with Crippen molar-refractivity contribution >= 4 is 27.5 Å². The van der Waals surface area contributed by atoms with E-state index in [0.29, 0.717) is 21.8 Å². The Balaban J connectivity index is 2.16. The quantitative estimate of drug-likeness (QED) is 0.776. The molecule has 2 aromatic carbocycles. The molecule has 1 N–H and O–H groups in total. The van der Waals surface area contributed by atoms with Crippen molar-refractivity contribution in [2.45, 2.75) is 20.1 Å². The summed E-state index contributed by atoms with van der Waals surface area (Å²) in [6.07, 6.45) is 0. The van der Waals surface area contributed by atoms with E-state index in [-0.39, 0.29) is 12.4 Å². The van der Waals surface area contributed by atoms with Crippen LogP contribution in [0.3, 0.4) is 0 Å². The van der Waals surface area contributed by atoms with Gasteiger partial charge >= 0.3 is 0 Å². The minimum atomic E-state index is -0.296. The molecule has 0 bridgehead atoms. The Bertz CT molecular complexity index is 621. The minimum absolute atomic E-state index is 0.276. The third-order valence-electron chi connectivity index (χ3n) is 3.04. The summed E-state index contributed by atoms with van der Waals surface area (Å²) in [5.74, 6) is 0.412. The van der Waals surface area contributed by atoms with Crippen molar-refractivity contribution in [3.05, 3.63) is 62.8 Å². The van der Waals surface area contributed by atoms with Gasteiger partial charge in [0.2, 0.25) is 0 Å². The molecule has 2 aromatic rings. The lowest BCUT2D eigenvalue weighted by molar-refractivity contribution is 0.300. The zero-order valence-corrected chi connectivity index (χ0v) is 14.0. The van der Waals surface area contributed by atoms with E-state index in [1.54, 1.807) is 6.07 Å². The van der Waals surface area contributed by atoms with Gasteiger partial charge in [-0.2, -0.15) is 0 Å². The molecule has 0 aliphatic heterocycles. The standard InChI is InChI=1S/C16H16BrClFNO/c1-2-20-9-12-13(18)6-4-8-15(12)21-10-11-5-3-7-14(19)16(11)17/h3-8,20H,2,9-10H2,1H3. The van der Waals surface area contributed by atoms with E-state index in [1.165, 1.54) is 6.07 Å². The summed E-state index contributed by atoms with van der Waals surface area (Å²) in [5, 5.41) is 3.89. The first kappa shape index (κ1) is 16.3. The Kier molecular flexibility index (Phi) is 6.03. The van der Waals surface area contributed by atoms with E-state index in [4.69, 9.17) is 16.3 Å². The molecular formula is C16H16BrClFNO. The molecule has 2 rings (SSSR count). The fraction of sp³-hybridized carbons (Fsp3) is 0.250. The molecule has 2 nitrogen and oxygen atoms in total. The molecule has 0 spiro atoms. The molecule has 0 saturated carbocycles. The smallest absolute Gasteiger partial charge is 0.137 e. The molecule has 0 aliphatic carbocycles. The number of rotatable bonds is 6. The zero-order chi connectivity index (χ0) is 15.2. The average Bonchev–Trinajstić information content (AvgIpc) is 2.48. The fourth-order valence-electron chi connectivity index (χ4n) is 1.91. The third-order valence-corrected chi connectivity index (χ3v) is 4.28. The summed E-state index contributed by atoms with van der Waals surface area (Å²) in [6.45, 7) is 3.79. The molecule has 0 amide bonds. The van der Waals surface area contributed by atoms with E-state index in [0.717, 1.165) is 17.7 Å². The highest BCUT2D eigenvalue weighted by Crippen LogP contribution is 2.28. The largest absolute Gasteiger partial charge is 0.488 e. The van der Waals surface area contributed by atoms with Gasteiger partial charge in [-0.05, 0) is 40.7 Å². The third kappa shape index (κ3) is 4.19. The van der Waals surface area contributed by atoms with E-state index in [9.17, 15) is 4.39 Å². The lowest BCUT2D eigenvalue weighted by Gasteiger charge is -2.14. The highest BCUT2D eigenvalue weighted by atomic mass is 79.9. The van der Waals surface area contributed by atoms with Gasteiger partial charge in [0.15, 0.2) is 0 Å². The summed E-state index contributed by atoms with van der Waals surface area (Å²) in [6, 6.07) is 10.4. The number of halogens is 3. The molecule has 0 aromatic heterocycles. The molecule has 0 saturated heterocycles. The monoisotopic (exact) mass is 371 g/mol. The van der Waals surface area contributed by atoms with Crippen molar-refractivity contribution in [1.82, 2.24) is 5.32 Å². The molecule has 0 radical (unpaired) electrons. The molecule has 112 valence electrons. The summed E-state index contributed by atoms with van der Waals surface area (Å²) in [7, 11) is 0. The Morgan fingerprint density at radius 3 is 2.76 bits per heavy atom. The van der Waals surface area contributed by atoms with Gasteiger partial charge < -0.3 is 10.1 Å². The van der Waals surface area contributed by atoms with Crippen LogP contribution >= 0.6 is 27.5 Å². The Hall–Kier alpha value is -1.10. The predicted octanol–water partition coefficient (Wildman–Crippen LogP) is 4.93. The molecule has 21 heavy (non-hydrogen) atoms. The van der Waals surface area contributed by atoms with Crippen LogP contribution in [0.25, 0.3) is 0 Å². The van der Waals surface area contributed by atoms with Gasteiger partial charge in [0.05, 0.1) is 4.47 Å². The predicted molar refractivity (Wildman–Crippen MR) is 87.3 cm³/mol. The van der Waals surface area contributed by atoms with E-state index in [2.05, 4.69) is 21.2 Å². The molecule has 0 fully saturated rings. The van der Waals surface area contributed by atoms with Crippen LogP contribution < -0.4 is 10.1 Å². The van der Waals surface area contributed by atoms with Gasteiger partial charge in [-0.3, -0.25) is 0 Å². The zero-order valence-electron chi connectivity index (χ0n) is 11.6. The summed E-state index contributed by atoms with van der Waals surface area (Å²) in [4.78, 5) is 0. The highest BCUT2D eigenvalue weighted by Gasteiger charge is 2.10. The lowest BCUT2D eigenvalue weighted by Crippen LogP contribution is -2.13. The van der Waals surface area contributed by atoms with E-state index < -0.39 is 0 Å². The Morgan fingerprint density at radius 1 is 1.24 bits per heavy atom. The van der Waals surface area contributed by atoms with Crippen LogP contribution in [0.4, 0.5) is 4.39 Å². The van der Waals surface area contributed by atoms with E-state index in [1.807, 2.05) is 31.2 Å². The number of hydrogen-bond donors (Lipinski definition) is 1. The first-order chi connectivity index (χ1) is 10.1. The maximum absolute atomic E-state index is 13.5. The van der Waals surface area contributed by atoms with Gasteiger partial charge in [-0.25, -0.2) is 4.39 Å². The van der Waals surface area contributed by atoms with Gasteiger partial charge in [-0.15, -0.1) is 0 Å². The second kappa shape index (κ2) is 7.78. The van der Waals surface area contributed by atoms with Crippen molar-refractivity contribution in [3.8, 4) is 5.75 Å². The van der Waals surface area contributed by atoms with Crippen LogP contribution in [0, 0.1) is 5.82 Å². The molecule has 0 aliphatic rings. The second-order valence-corrected chi connectivity index (χ2v) is 5.70. The van der Waals surface area contributed by atoms with Gasteiger partial charge in [0, 0.05) is 22.7 Å².